The number of hydrogen-bond acceptors (Lipinski definition) is 6. The lowest BCUT2D eigenvalue weighted by atomic mass is 9.99. The largest absolute Gasteiger partial charge is 0.518 e. The number of ether oxygens (including phenoxy) is 2. The molecule has 0 radical (unpaired) electrons. The van der Waals surface area contributed by atoms with Crippen LogP contribution in [-0.4, -0.2) is 39.7 Å². The van der Waals surface area contributed by atoms with E-state index in [0.717, 1.165) is 38.5 Å². The van der Waals surface area contributed by atoms with Crippen LogP contribution >= 0.6 is 0 Å². The van der Waals surface area contributed by atoms with Crippen LogP contribution in [0.3, 0.4) is 0 Å². The molecule has 1 aliphatic rings. The van der Waals surface area contributed by atoms with E-state index in [9.17, 15) is 20.1 Å². The van der Waals surface area contributed by atoms with Crippen LogP contribution in [0, 0.1) is 0 Å². The number of unbranched alkanes of at least 4 members (excludes halogenated alkanes) is 9. The first kappa shape index (κ1) is 22.2. The van der Waals surface area contributed by atoms with Gasteiger partial charge in [0, 0.05) is 0 Å². The number of cyclic esters (lactones) is 2. The molecule has 25 heavy (non-hydrogen) atoms. The predicted molar refractivity (Wildman–Crippen MR) is 94.8 cm³/mol. The fraction of sp³-hybridized carbons (Fsp3) is 0.947. The second-order valence-corrected chi connectivity index (χ2v) is 7.16. The third kappa shape index (κ3) is 10.0. The molecule has 1 saturated heterocycles. The fourth-order valence-electron chi connectivity index (χ4n) is 3.12. The summed E-state index contributed by atoms with van der Waals surface area (Å²) in [6.07, 6.45) is 11.1. The summed E-state index contributed by atoms with van der Waals surface area (Å²) < 4.78 is 9.01. The van der Waals surface area contributed by atoms with Gasteiger partial charge in [-0.15, -0.1) is 0 Å². The maximum absolute atomic E-state index is 10.5. The third-order valence-electron chi connectivity index (χ3n) is 4.78. The van der Waals surface area contributed by atoms with E-state index in [0.29, 0.717) is 25.7 Å². The standard InChI is InChI=1S/C19H36O6/c1-2-3-4-5-7-10-13-16(20)17(21)14-11-8-6-9-12-15-19(23)24-18(22)25-19/h16-17,20-21,23H,2-15H2,1H3. The van der Waals surface area contributed by atoms with E-state index in [1.165, 1.54) is 25.7 Å². The molecule has 0 amide bonds. The van der Waals surface area contributed by atoms with Crippen molar-refractivity contribution in [3.8, 4) is 0 Å². The van der Waals surface area contributed by atoms with Gasteiger partial charge in [-0.1, -0.05) is 71.1 Å². The van der Waals surface area contributed by atoms with Crippen LogP contribution in [0.1, 0.15) is 96.8 Å². The van der Waals surface area contributed by atoms with Crippen molar-refractivity contribution >= 4 is 6.16 Å². The highest BCUT2D eigenvalue weighted by molar-refractivity contribution is 5.64. The highest BCUT2D eigenvalue weighted by atomic mass is 17.0. The molecule has 1 aliphatic heterocycles. The summed E-state index contributed by atoms with van der Waals surface area (Å²) in [6.45, 7) is 2.20. The van der Waals surface area contributed by atoms with E-state index < -0.39 is 24.3 Å². The smallest absolute Gasteiger partial charge is 0.390 e. The molecule has 0 saturated carbocycles. The average Bonchev–Trinajstić information content (AvgIpc) is 2.55. The third-order valence-corrected chi connectivity index (χ3v) is 4.78. The van der Waals surface area contributed by atoms with Crippen molar-refractivity contribution < 1.29 is 29.6 Å². The summed E-state index contributed by atoms with van der Waals surface area (Å²) in [4.78, 5) is 10.5. The molecule has 1 rings (SSSR count). The molecule has 0 bridgehead atoms. The quantitative estimate of drug-likeness (QED) is 0.284. The van der Waals surface area contributed by atoms with Crippen LogP contribution in [0.25, 0.3) is 0 Å². The Hall–Kier alpha value is -0.850. The van der Waals surface area contributed by atoms with Crippen LogP contribution in [-0.2, 0) is 9.47 Å². The molecule has 148 valence electrons. The molecule has 2 unspecified atom stereocenters. The second kappa shape index (κ2) is 12.5. The van der Waals surface area contributed by atoms with Gasteiger partial charge in [0.2, 0.25) is 0 Å². The number of aliphatic hydroxyl groups excluding tert-OH is 2. The van der Waals surface area contributed by atoms with Crippen molar-refractivity contribution in [2.45, 2.75) is 115 Å². The first-order valence-corrected chi connectivity index (χ1v) is 9.97. The summed E-state index contributed by atoms with van der Waals surface area (Å²) in [7, 11) is 0. The first-order valence-electron chi connectivity index (χ1n) is 9.97. The lowest BCUT2D eigenvalue weighted by molar-refractivity contribution is -0.388. The van der Waals surface area contributed by atoms with Crippen LogP contribution < -0.4 is 0 Å². The summed E-state index contributed by atoms with van der Waals surface area (Å²) in [5.41, 5.74) is 0. The summed E-state index contributed by atoms with van der Waals surface area (Å²) in [5, 5.41) is 29.5. The first-order chi connectivity index (χ1) is 12.0. The molecule has 6 nitrogen and oxygen atoms in total. The minimum atomic E-state index is -1.70. The van der Waals surface area contributed by atoms with Gasteiger partial charge in [-0.25, -0.2) is 4.79 Å². The zero-order valence-corrected chi connectivity index (χ0v) is 15.6. The molecule has 6 heteroatoms. The zero-order valence-electron chi connectivity index (χ0n) is 15.6. The number of hydrogen-bond donors (Lipinski definition) is 3. The molecular weight excluding hydrogens is 324 g/mol. The van der Waals surface area contributed by atoms with Gasteiger partial charge < -0.3 is 24.8 Å². The Morgan fingerprint density at radius 1 is 0.800 bits per heavy atom. The van der Waals surface area contributed by atoms with E-state index in [1.54, 1.807) is 0 Å². The highest BCUT2D eigenvalue weighted by Gasteiger charge is 2.46. The van der Waals surface area contributed by atoms with E-state index in [1.807, 2.05) is 0 Å². The molecule has 1 heterocycles. The number of aliphatic hydroxyl groups is 3. The van der Waals surface area contributed by atoms with Gasteiger partial charge in [0.15, 0.2) is 0 Å². The molecule has 0 aromatic heterocycles. The Balaban J connectivity index is 1.88. The Morgan fingerprint density at radius 2 is 1.24 bits per heavy atom. The zero-order chi connectivity index (χ0) is 18.5. The van der Waals surface area contributed by atoms with E-state index in [4.69, 9.17) is 0 Å². The molecule has 3 N–H and O–H groups in total. The minimum Gasteiger partial charge on any atom is -0.390 e. The molecule has 1 fully saturated rings. The Morgan fingerprint density at radius 3 is 1.72 bits per heavy atom. The fourth-order valence-corrected chi connectivity index (χ4v) is 3.12. The summed E-state index contributed by atoms with van der Waals surface area (Å²) >= 11 is 0. The van der Waals surface area contributed by atoms with Crippen LogP contribution in [0.5, 0.6) is 0 Å². The second-order valence-electron chi connectivity index (χ2n) is 7.16. The molecule has 2 atom stereocenters. The Kier molecular flexibility index (Phi) is 11.1. The molecule has 0 spiro atoms. The van der Waals surface area contributed by atoms with Crippen LogP contribution in [0.2, 0.25) is 0 Å². The topological polar surface area (TPSA) is 96.2 Å². The molecule has 0 aromatic rings. The minimum absolute atomic E-state index is 0.290. The van der Waals surface area contributed by atoms with Gasteiger partial charge in [-0.3, -0.25) is 0 Å². The number of carbonyl (C=O) groups is 1. The number of carbonyl (C=O) groups excluding carboxylic acids is 1. The molecule has 0 aliphatic carbocycles. The predicted octanol–water partition coefficient (Wildman–Crippen LogP) is 4.00. The van der Waals surface area contributed by atoms with Crippen molar-refractivity contribution in [2.24, 2.45) is 0 Å². The van der Waals surface area contributed by atoms with E-state index >= 15 is 0 Å². The molecular formula is C19H36O6. The average molecular weight is 360 g/mol. The van der Waals surface area contributed by atoms with Gasteiger partial charge in [0.25, 0.3) is 0 Å². The maximum Gasteiger partial charge on any atom is 0.518 e. The maximum atomic E-state index is 10.5. The Labute approximate surface area is 151 Å². The van der Waals surface area contributed by atoms with Crippen molar-refractivity contribution in [3.05, 3.63) is 0 Å². The van der Waals surface area contributed by atoms with Crippen molar-refractivity contribution in [1.82, 2.24) is 0 Å². The van der Waals surface area contributed by atoms with Gasteiger partial charge in [0.1, 0.15) is 0 Å². The van der Waals surface area contributed by atoms with Crippen molar-refractivity contribution in [3.63, 3.8) is 0 Å². The lowest BCUT2D eigenvalue weighted by Crippen LogP contribution is -2.49. The monoisotopic (exact) mass is 360 g/mol. The Bertz CT molecular complexity index is 352. The van der Waals surface area contributed by atoms with Crippen molar-refractivity contribution in [2.75, 3.05) is 0 Å². The van der Waals surface area contributed by atoms with E-state index in [-0.39, 0.29) is 0 Å². The number of rotatable bonds is 16. The lowest BCUT2D eigenvalue weighted by Gasteiger charge is -2.33. The van der Waals surface area contributed by atoms with Gasteiger partial charge in [-0.05, 0) is 19.3 Å². The SMILES string of the molecule is CCCCCCCCC(O)C(O)CCCCCCCC1(O)OC(=O)O1. The van der Waals surface area contributed by atoms with Crippen LogP contribution in [0.4, 0.5) is 4.79 Å². The van der Waals surface area contributed by atoms with E-state index in [2.05, 4.69) is 16.4 Å². The van der Waals surface area contributed by atoms with Crippen molar-refractivity contribution in [1.29, 1.82) is 0 Å². The van der Waals surface area contributed by atoms with Gasteiger partial charge in [0.05, 0.1) is 18.6 Å². The van der Waals surface area contributed by atoms with Gasteiger partial charge >= 0.3 is 12.1 Å². The summed E-state index contributed by atoms with van der Waals surface area (Å²) in [5.74, 6) is -1.70. The van der Waals surface area contributed by atoms with Gasteiger partial charge in [-0.2, -0.15) is 0 Å². The molecule has 0 aromatic carbocycles. The summed E-state index contributed by atoms with van der Waals surface area (Å²) in [6, 6.07) is 0. The highest BCUT2D eigenvalue weighted by Crippen LogP contribution is 2.28. The normalized spacial score (nSPS) is 18.2. The van der Waals surface area contributed by atoms with Crippen LogP contribution in [0.15, 0.2) is 0 Å².